The first kappa shape index (κ1) is 18.2. The molecule has 26 heavy (non-hydrogen) atoms. The number of carbonyl (C=O) groups is 1. The fourth-order valence-corrected chi connectivity index (χ4v) is 2.92. The van der Waals surface area contributed by atoms with Gasteiger partial charge in [-0.2, -0.15) is 4.98 Å². The molecule has 1 saturated carbocycles. The topological polar surface area (TPSA) is 142 Å². The van der Waals surface area contributed by atoms with Gasteiger partial charge >= 0.3 is 14.7 Å². The van der Waals surface area contributed by atoms with Crippen LogP contribution in [0, 0.1) is 11.3 Å². The predicted octanol–water partition coefficient (Wildman–Crippen LogP) is 1.09. The summed E-state index contributed by atoms with van der Waals surface area (Å²) in [4.78, 5) is 34.1. The van der Waals surface area contributed by atoms with E-state index in [1.54, 1.807) is 24.6 Å². The van der Waals surface area contributed by atoms with Crippen LogP contribution in [0.4, 0.5) is 5.95 Å². The first-order valence-electron chi connectivity index (χ1n) is 7.95. The summed E-state index contributed by atoms with van der Waals surface area (Å²) < 4.78 is 22.7. The number of anilines is 1. The molecule has 0 saturated heterocycles. The Hall–Kier alpha value is -2.58. The summed E-state index contributed by atoms with van der Waals surface area (Å²) in [5.74, 6) is -0.558. The Balaban J connectivity index is 1.87. The third kappa shape index (κ3) is 3.51. The van der Waals surface area contributed by atoms with Gasteiger partial charge in [-0.15, -0.1) is 4.52 Å². The molecule has 0 aliphatic heterocycles. The minimum atomic E-state index is -0.901. The average molecular weight is 380 g/mol. The zero-order chi connectivity index (χ0) is 18.9. The van der Waals surface area contributed by atoms with Gasteiger partial charge in [0.05, 0.1) is 11.3 Å². The maximum absolute atomic E-state index is 11.8. The molecule has 0 spiro atoms. The number of fused-ring (bicyclic) bond motifs is 1. The summed E-state index contributed by atoms with van der Waals surface area (Å²) in [6.45, 7) is 3.79. The molecule has 3 rings (SSSR count). The number of carbonyl (C=O) groups excluding carboxylic acids is 1. The van der Waals surface area contributed by atoms with Crippen LogP contribution >= 0.6 is 8.69 Å². The molecule has 3 N–H and O–H groups in total. The molecule has 2 atom stereocenters. The largest absolute Gasteiger partial charge is 0.494 e. The molecule has 0 bridgehead atoms. The Labute approximate surface area is 149 Å². The van der Waals surface area contributed by atoms with Crippen molar-refractivity contribution in [1.82, 2.24) is 19.5 Å². The van der Waals surface area contributed by atoms with Gasteiger partial charge < -0.3 is 10.5 Å². The number of ether oxygens (including phenoxy) is 1. The lowest BCUT2D eigenvalue weighted by molar-refractivity contribution is -0.149. The van der Waals surface area contributed by atoms with Crippen molar-refractivity contribution in [3.05, 3.63) is 22.3 Å². The lowest BCUT2D eigenvalue weighted by Gasteiger charge is -2.13. The van der Waals surface area contributed by atoms with Crippen molar-refractivity contribution < 1.29 is 18.6 Å². The molecular formula is C15H19N5O5P+. The highest BCUT2D eigenvalue weighted by Gasteiger charge is 2.52. The normalized spacial score (nSPS) is 21.0. The molecule has 2 aromatic rings. The van der Waals surface area contributed by atoms with Crippen LogP contribution in [-0.4, -0.2) is 38.7 Å². The Kier molecular flexibility index (Phi) is 4.88. The second-order valence-corrected chi connectivity index (χ2v) is 6.98. The first-order chi connectivity index (χ1) is 12.4. The van der Waals surface area contributed by atoms with E-state index in [-0.39, 0.29) is 36.6 Å². The summed E-state index contributed by atoms with van der Waals surface area (Å²) >= 11 is 0. The highest BCUT2D eigenvalue weighted by molar-refractivity contribution is 7.17. The van der Waals surface area contributed by atoms with E-state index in [1.165, 1.54) is 6.33 Å². The van der Waals surface area contributed by atoms with Crippen molar-refractivity contribution in [2.75, 3.05) is 18.9 Å². The number of nitrogens with two attached hydrogens (primary N) is 1. The number of aromatic amines is 1. The van der Waals surface area contributed by atoms with Gasteiger partial charge in [0.15, 0.2) is 11.2 Å². The van der Waals surface area contributed by atoms with Crippen LogP contribution in [0.15, 0.2) is 16.7 Å². The Morgan fingerprint density at radius 3 is 3.00 bits per heavy atom. The summed E-state index contributed by atoms with van der Waals surface area (Å²) in [5.41, 5.74) is 6.03. The van der Waals surface area contributed by atoms with Gasteiger partial charge in [0, 0.05) is 6.20 Å². The summed E-state index contributed by atoms with van der Waals surface area (Å²) in [7, 11) is -0.901. The second-order valence-electron chi connectivity index (χ2n) is 6.52. The molecule has 0 aromatic carbocycles. The van der Waals surface area contributed by atoms with Gasteiger partial charge in [-0.3, -0.25) is 19.1 Å². The van der Waals surface area contributed by atoms with Gasteiger partial charge in [0.1, 0.15) is 19.5 Å². The number of nitrogens with one attached hydrogen (secondary N) is 1. The highest BCUT2D eigenvalue weighted by Crippen LogP contribution is 2.53. The molecule has 1 unspecified atom stereocenters. The first-order valence-corrected chi connectivity index (χ1v) is 8.77. The van der Waals surface area contributed by atoms with Gasteiger partial charge in [-0.1, -0.05) is 13.8 Å². The van der Waals surface area contributed by atoms with Crippen LogP contribution in [-0.2, 0) is 18.6 Å². The maximum Gasteiger partial charge on any atom is 0.494 e. The van der Waals surface area contributed by atoms with Crippen molar-refractivity contribution >= 4 is 38.0 Å². The van der Waals surface area contributed by atoms with Crippen LogP contribution in [0.5, 0.6) is 0 Å². The van der Waals surface area contributed by atoms with Crippen LogP contribution in [0.3, 0.4) is 0 Å². The average Bonchev–Trinajstić information content (AvgIpc) is 3.11. The number of hydrogen-bond acceptors (Lipinski definition) is 8. The number of imidazole rings is 1. The predicted molar refractivity (Wildman–Crippen MR) is 94.6 cm³/mol. The summed E-state index contributed by atoms with van der Waals surface area (Å²) in [6.07, 6.45) is 3.81. The van der Waals surface area contributed by atoms with Gasteiger partial charge in [-0.05, 0) is 16.6 Å². The molecule has 2 aromatic heterocycles. The van der Waals surface area contributed by atoms with E-state index >= 15 is 0 Å². The highest BCUT2D eigenvalue weighted by atomic mass is 31.1. The maximum atomic E-state index is 11.8. The van der Waals surface area contributed by atoms with Crippen molar-refractivity contribution in [3.8, 4) is 0 Å². The van der Waals surface area contributed by atoms with Crippen LogP contribution < -0.4 is 11.3 Å². The molecule has 1 aliphatic carbocycles. The summed E-state index contributed by atoms with van der Waals surface area (Å²) in [5, 5.41) is 0. The van der Waals surface area contributed by atoms with Crippen LogP contribution in [0.1, 0.15) is 20.3 Å². The standard InChI is InChI=1S/C15H18N5O5P/c1-8(2)13(22)24-5-15(6-25-26-23)3-9(15)4-20-7-17-10-11(20)18-14(16)19-12(10)21/h4,7-8,26H,3,5-6H2,1-2H3,(H2-,16,18,19,21)/p+1/b9-4-/t15-/m0/s1. The molecule has 138 valence electrons. The summed E-state index contributed by atoms with van der Waals surface area (Å²) in [6, 6.07) is 0. The molecular weight excluding hydrogens is 361 g/mol. The van der Waals surface area contributed by atoms with E-state index in [0.29, 0.717) is 12.1 Å². The number of nitrogens with zero attached hydrogens (tertiary/aromatic N) is 3. The third-order valence-electron chi connectivity index (χ3n) is 4.20. The van der Waals surface area contributed by atoms with Crippen molar-refractivity contribution in [2.45, 2.75) is 20.3 Å². The molecule has 0 amide bonds. The number of esters is 1. The molecule has 11 heteroatoms. The SMILES string of the molecule is CC(C)C(=O)OC[C@]1(CO[PH+]=O)C/C1=C/n1cnc2c(=O)[nH]c(N)nc21. The minimum absolute atomic E-state index is 0.00791. The van der Waals surface area contributed by atoms with Crippen LogP contribution in [0.25, 0.3) is 17.4 Å². The number of H-pyrrole nitrogens is 1. The number of rotatable bonds is 7. The van der Waals surface area contributed by atoms with Gasteiger partial charge in [0.25, 0.3) is 5.56 Å². The Bertz CT molecular complexity index is 950. The fraction of sp³-hybridized carbons (Fsp3) is 0.467. The monoisotopic (exact) mass is 380 g/mol. The zero-order valence-corrected chi connectivity index (χ0v) is 15.3. The van der Waals surface area contributed by atoms with Crippen molar-refractivity contribution in [3.63, 3.8) is 0 Å². The van der Waals surface area contributed by atoms with E-state index in [0.717, 1.165) is 5.57 Å². The second kappa shape index (κ2) is 6.97. The molecule has 1 aliphatic rings. The Morgan fingerprint density at radius 1 is 1.54 bits per heavy atom. The molecule has 0 radical (unpaired) electrons. The molecule has 2 heterocycles. The minimum Gasteiger partial charge on any atom is -0.464 e. The van der Waals surface area contributed by atoms with E-state index < -0.39 is 19.7 Å². The quantitative estimate of drug-likeness (QED) is 0.537. The number of aromatic nitrogens is 4. The fourth-order valence-electron chi connectivity index (χ4n) is 2.58. The third-order valence-corrected chi connectivity index (χ3v) is 4.46. The zero-order valence-electron chi connectivity index (χ0n) is 14.3. The van der Waals surface area contributed by atoms with E-state index in [1.807, 2.05) is 0 Å². The lowest BCUT2D eigenvalue weighted by atomic mass is 10.1. The number of nitrogen functional groups attached to an aromatic ring is 1. The Morgan fingerprint density at radius 2 is 2.31 bits per heavy atom. The van der Waals surface area contributed by atoms with Gasteiger partial charge in [0.2, 0.25) is 5.95 Å². The molecule has 10 nitrogen and oxygen atoms in total. The van der Waals surface area contributed by atoms with Crippen LogP contribution in [0.2, 0.25) is 0 Å². The van der Waals surface area contributed by atoms with Gasteiger partial charge in [-0.25, -0.2) is 4.98 Å². The number of hydrogen-bond donors (Lipinski definition) is 2. The molecule has 1 fully saturated rings. The lowest BCUT2D eigenvalue weighted by Crippen LogP contribution is -2.21. The smallest absolute Gasteiger partial charge is 0.464 e. The van der Waals surface area contributed by atoms with E-state index in [4.69, 9.17) is 15.0 Å². The van der Waals surface area contributed by atoms with Crippen molar-refractivity contribution in [2.24, 2.45) is 11.3 Å². The van der Waals surface area contributed by atoms with E-state index in [2.05, 4.69) is 15.0 Å². The van der Waals surface area contributed by atoms with E-state index in [9.17, 15) is 14.2 Å². The van der Waals surface area contributed by atoms with Crippen molar-refractivity contribution in [1.29, 1.82) is 0 Å².